The average Bonchev–Trinajstić information content (AvgIpc) is 2.45. The first-order chi connectivity index (χ1) is 8.61. The van der Waals surface area contributed by atoms with Gasteiger partial charge >= 0.3 is 0 Å². The van der Waals surface area contributed by atoms with Gasteiger partial charge in [0.05, 0.1) is 15.9 Å². The molecule has 0 amide bonds. The van der Waals surface area contributed by atoms with Gasteiger partial charge in [-0.15, -0.1) is 0 Å². The van der Waals surface area contributed by atoms with Crippen LogP contribution in [-0.4, -0.2) is 31.0 Å². The van der Waals surface area contributed by atoms with Crippen LogP contribution in [0.1, 0.15) is 0 Å². The number of hydrogen-bond donors (Lipinski definition) is 3. The molecule has 0 heterocycles. The molecule has 0 fully saturated rings. The van der Waals surface area contributed by atoms with Gasteiger partial charge in [0.25, 0.3) is 11.4 Å². The van der Waals surface area contributed by atoms with Crippen LogP contribution in [0.2, 0.25) is 0 Å². The van der Waals surface area contributed by atoms with E-state index in [2.05, 4.69) is 17.2 Å². The van der Waals surface area contributed by atoms with Crippen LogP contribution in [0, 0.1) is 20.2 Å². The number of nitrogens with zero attached hydrogens (tertiary/aromatic N) is 2. The summed E-state index contributed by atoms with van der Waals surface area (Å²) in [7, 11) is 4.50. The minimum absolute atomic E-state index is 0.274. The predicted molar refractivity (Wildman–Crippen MR) is 70.1 cm³/mol. The normalized spacial score (nSPS) is 7.22. The van der Waals surface area contributed by atoms with E-state index in [9.17, 15) is 20.2 Å². The van der Waals surface area contributed by atoms with E-state index < -0.39 is 9.85 Å². The van der Waals surface area contributed by atoms with E-state index in [0.29, 0.717) is 0 Å². The summed E-state index contributed by atoms with van der Waals surface area (Å²) in [5.41, 5.74) is 13.0. The molecule has 6 N–H and O–H groups in total. The maximum Gasteiger partial charge on any atom is 0.276 e. The van der Waals surface area contributed by atoms with Crippen LogP contribution in [0.25, 0.3) is 0 Å². The second-order valence-electron chi connectivity index (χ2n) is 2.03. The molecule has 18 heavy (non-hydrogen) atoms. The standard InChI is InChI=1S/C6H4N2O4.3CH5N/c9-7(10)5-2-1-3-6(4-5)8(11)12;3*1-2/h1-4H;3*2H2,1H3. The second-order valence-corrected chi connectivity index (χ2v) is 2.03. The third kappa shape index (κ3) is 9.15. The largest absolute Gasteiger partial charge is 0.333 e. The fourth-order valence-corrected chi connectivity index (χ4v) is 0.720. The summed E-state index contributed by atoms with van der Waals surface area (Å²) < 4.78 is 0. The maximum absolute atomic E-state index is 10.2. The molecular formula is C9H19N5O4. The molecule has 1 aromatic carbocycles. The van der Waals surface area contributed by atoms with E-state index in [0.717, 1.165) is 6.07 Å². The van der Waals surface area contributed by atoms with Crippen LogP contribution in [0.4, 0.5) is 11.4 Å². The Morgan fingerprint density at radius 2 is 1.11 bits per heavy atom. The highest BCUT2D eigenvalue weighted by Gasteiger charge is 2.11. The Balaban J connectivity index is -0.000000328. The predicted octanol–water partition coefficient (Wildman–Crippen LogP) is 0.228. The van der Waals surface area contributed by atoms with Gasteiger partial charge in [-0.05, 0) is 27.2 Å². The van der Waals surface area contributed by atoms with Crippen molar-refractivity contribution in [1.82, 2.24) is 0 Å². The van der Waals surface area contributed by atoms with E-state index in [1.807, 2.05) is 0 Å². The van der Waals surface area contributed by atoms with Crippen molar-refractivity contribution in [2.45, 2.75) is 0 Å². The molecule has 0 saturated carbocycles. The number of hydrogen-bond acceptors (Lipinski definition) is 7. The first kappa shape index (κ1) is 21.2. The van der Waals surface area contributed by atoms with Crippen LogP contribution in [-0.2, 0) is 0 Å². The van der Waals surface area contributed by atoms with Gasteiger partial charge < -0.3 is 17.2 Å². The Morgan fingerprint density at radius 1 is 0.833 bits per heavy atom. The minimum Gasteiger partial charge on any atom is -0.333 e. The topological polar surface area (TPSA) is 164 Å². The number of nitrogens with two attached hydrogens (primary N) is 3. The molecule has 9 nitrogen and oxygen atoms in total. The van der Waals surface area contributed by atoms with Crippen molar-refractivity contribution >= 4 is 11.4 Å². The van der Waals surface area contributed by atoms with Crippen molar-refractivity contribution in [2.24, 2.45) is 17.2 Å². The summed E-state index contributed by atoms with van der Waals surface area (Å²) in [4.78, 5) is 19.0. The molecule has 0 saturated heterocycles. The van der Waals surface area contributed by atoms with E-state index in [1.54, 1.807) is 0 Å². The lowest BCUT2D eigenvalue weighted by Gasteiger charge is -1.90. The van der Waals surface area contributed by atoms with Gasteiger partial charge in [0.15, 0.2) is 0 Å². The van der Waals surface area contributed by atoms with E-state index in [1.165, 1.54) is 39.3 Å². The summed E-state index contributed by atoms with van der Waals surface area (Å²) in [6, 6.07) is 4.59. The molecule has 0 aliphatic rings. The van der Waals surface area contributed by atoms with Gasteiger partial charge in [-0.3, -0.25) is 20.2 Å². The van der Waals surface area contributed by atoms with Crippen LogP contribution < -0.4 is 17.2 Å². The molecule has 0 aliphatic carbocycles. The fourth-order valence-electron chi connectivity index (χ4n) is 0.720. The third-order valence-electron chi connectivity index (χ3n) is 1.25. The molecule has 0 bridgehead atoms. The summed E-state index contributed by atoms with van der Waals surface area (Å²) in [6.45, 7) is 0. The zero-order valence-electron chi connectivity index (χ0n) is 10.6. The lowest BCUT2D eigenvalue weighted by molar-refractivity contribution is -0.394. The SMILES string of the molecule is CN.CN.CN.O=[N+]([O-])c1cccc([N+](=O)[O-])c1. The first-order valence-corrected chi connectivity index (χ1v) is 4.73. The minimum atomic E-state index is -0.674. The van der Waals surface area contributed by atoms with Crippen molar-refractivity contribution in [1.29, 1.82) is 0 Å². The number of nitro benzene ring substituents is 2. The first-order valence-electron chi connectivity index (χ1n) is 4.73. The van der Waals surface area contributed by atoms with Crippen LogP contribution in [0.3, 0.4) is 0 Å². The summed E-state index contributed by atoms with van der Waals surface area (Å²) in [5.74, 6) is 0. The second kappa shape index (κ2) is 14.9. The molecule has 9 heteroatoms. The Labute approximate surface area is 105 Å². The van der Waals surface area contributed by atoms with Crippen LogP contribution >= 0.6 is 0 Å². The lowest BCUT2D eigenvalue weighted by Crippen LogP contribution is -1.91. The Kier molecular flexibility index (Phi) is 17.6. The van der Waals surface area contributed by atoms with E-state index >= 15 is 0 Å². The van der Waals surface area contributed by atoms with E-state index in [4.69, 9.17) is 0 Å². The number of rotatable bonds is 2. The van der Waals surface area contributed by atoms with Gasteiger partial charge in [0.1, 0.15) is 0 Å². The zero-order valence-corrected chi connectivity index (χ0v) is 10.6. The van der Waals surface area contributed by atoms with Crippen molar-refractivity contribution in [2.75, 3.05) is 21.1 Å². The van der Waals surface area contributed by atoms with Gasteiger partial charge in [-0.2, -0.15) is 0 Å². The molecule has 104 valence electrons. The number of benzene rings is 1. The molecule has 0 unspecified atom stereocenters. The molecule has 1 rings (SSSR count). The Hall–Kier alpha value is -2.10. The van der Waals surface area contributed by atoms with Crippen molar-refractivity contribution in [3.63, 3.8) is 0 Å². The third-order valence-corrected chi connectivity index (χ3v) is 1.25. The van der Waals surface area contributed by atoms with Gasteiger partial charge in [-0.25, -0.2) is 0 Å². The molecular weight excluding hydrogens is 242 g/mol. The monoisotopic (exact) mass is 261 g/mol. The number of nitro groups is 2. The van der Waals surface area contributed by atoms with Crippen molar-refractivity contribution < 1.29 is 9.85 Å². The van der Waals surface area contributed by atoms with E-state index in [-0.39, 0.29) is 11.4 Å². The lowest BCUT2D eigenvalue weighted by atomic mass is 10.3. The quantitative estimate of drug-likeness (QED) is 0.506. The molecule has 0 spiro atoms. The smallest absolute Gasteiger partial charge is 0.276 e. The summed E-state index contributed by atoms with van der Waals surface area (Å²) in [6.07, 6.45) is 0. The Bertz CT molecular complexity index is 316. The van der Waals surface area contributed by atoms with Crippen molar-refractivity contribution in [3.8, 4) is 0 Å². The van der Waals surface area contributed by atoms with Crippen LogP contribution in [0.5, 0.6) is 0 Å². The fraction of sp³-hybridized carbons (Fsp3) is 0.333. The highest BCUT2D eigenvalue weighted by atomic mass is 16.6. The highest BCUT2D eigenvalue weighted by Crippen LogP contribution is 2.18. The van der Waals surface area contributed by atoms with Gasteiger partial charge in [-0.1, -0.05) is 0 Å². The molecule has 1 aromatic rings. The van der Waals surface area contributed by atoms with Crippen LogP contribution in [0.15, 0.2) is 24.3 Å². The summed E-state index contributed by atoms with van der Waals surface area (Å²) in [5, 5.41) is 20.3. The van der Waals surface area contributed by atoms with Gasteiger partial charge in [0, 0.05) is 12.1 Å². The van der Waals surface area contributed by atoms with Gasteiger partial charge in [0.2, 0.25) is 0 Å². The Morgan fingerprint density at radius 3 is 1.33 bits per heavy atom. The molecule has 0 atom stereocenters. The molecule has 0 aliphatic heterocycles. The number of non-ortho nitro benzene ring substituents is 2. The zero-order chi connectivity index (χ0) is 15.1. The average molecular weight is 261 g/mol. The molecule has 0 aromatic heterocycles. The highest BCUT2D eigenvalue weighted by molar-refractivity contribution is 5.42. The van der Waals surface area contributed by atoms with Crippen molar-refractivity contribution in [3.05, 3.63) is 44.5 Å². The molecule has 0 radical (unpaired) electrons. The summed E-state index contributed by atoms with van der Waals surface area (Å²) >= 11 is 0. The maximum atomic E-state index is 10.2.